The van der Waals surface area contributed by atoms with Gasteiger partial charge < -0.3 is 9.84 Å². The Balaban J connectivity index is 1.87. The molecule has 0 aliphatic carbocycles. The monoisotopic (exact) mass is 369 g/mol. The molecule has 1 heterocycles. The van der Waals surface area contributed by atoms with E-state index in [9.17, 15) is 0 Å². The summed E-state index contributed by atoms with van der Waals surface area (Å²) in [4.78, 5) is 0. The van der Waals surface area contributed by atoms with Crippen molar-refractivity contribution < 1.29 is 9.84 Å². The van der Waals surface area contributed by atoms with Gasteiger partial charge in [-0.1, -0.05) is 48.2 Å². The number of nitrogens with zero attached hydrogens (tertiary/aromatic N) is 3. The molecule has 6 heteroatoms. The highest BCUT2D eigenvalue weighted by Crippen LogP contribution is 2.26. The number of benzene rings is 2. The van der Waals surface area contributed by atoms with Crippen LogP contribution in [0.4, 0.5) is 0 Å². The van der Waals surface area contributed by atoms with Crippen LogP contribution in [0.1, 0.15) is 23.4 Å². The van der Waals surface area contributed by atoms with Crippen molar-refractivity contribution in [3.63, 3.8) is 0 Å². The molecular weight excluding hydrogens is 346 g/mol. The van der Waals surface area contributed by atoms with Gasteiger partial charge in [0.05, 0.1) is 0 Å². The number of aliphatic hydroxyl groups excluding tert-OH is 1. The summed E-state index contributed by atoms with van der Waals surface area (Å²) >= 11 is 1.59. The average Bonchev–Trinajstić information content (AvgIpc) is 3.05. The van der Waals surface area contributed by atoms with Gasteiger partial charge in [-0.05, 0) is 43.5 Å². The molecule has 0 aliphatic rings. The summed E-state index contributed by atoms with van der Waals surface area (Å²) < 4.78 is 8.11. The van der Waals surface area contributed by atoms with E-state index in [2.05, 4.69) is 10.2 Å². The van der Waals surface area contributed by atoms with Crippen LogP contribution in [0.3, 0.4) is 0 Å². The topological polar surface area (TPSA) is 60.2 Å². The first kappa shape index (κ1) is 18.5. The van der Waals surface area contributed by atoms with Crippen LogP contribution in [0.15, 0.2) is 53.7 Å². The van der Waals surface area contributed by atoms with Crippen LogP contribution >= 0.6 is 11.8 Å². The summed E-state index contributed by atoms with van der Waals surface area (Å²) in [5, 5.41) is 18.5. The molecule has 0 unspecified atom stereocenters. The standard InChI is InChI=1S/C20H23N3O2S/c1-15-8-6-9-16(2)19(15)25-14-18-21-22-20(26-13-7-12-24)23(18)17-10-4-3-5-11-17/h3-6,8-11,24H,7,12-14H2,1-2H3. The summed E-state index contributed by atoms with van der Waals surface area (Å²) in [6, 6.07) is 16.1. The predicted molar refractivity (Wildman–Crippen MR) is 104 cm³/mol. The second-order valence-electron chi connectivity index (χ2n) is 6.00. The van der Waals surface area contributed by atoms with Crippen molar-refractivity contribution in [3.05, 3.63) is 65.5 Å². The number of rotatable bonds is 8. The van der Waals surface area contributed by atoms with Crippen molar-refractivity contribution in [1.82, 2.24) is 14.8 Å². The Morgan fingerprint density at radius 3 is 2.42 bits per heavy atom. The molecule has 0 saturated heterocycles. The third-order valence-corrected chi connectivity index (χ3v) is 5.02. The van der Waals surface area contributed by atoms with E-state index >= 15 is 0 Å². The summed E-state index contributed by atoms with van der Waals surface area (Å²) in [6.45, 7) is 4.60. The van der Waals surface area contributed by atoms with Crippen molar-refractivity contribution in [1.29, 1.82) is 0 Å². The fourth-order valence-corrected chi connectivity index (χ4v) is 3.61. The van der Waals surface area contributed by atoms with Gasteiger partial charge in [0, 0.05) is 18.0 Å². The van der Waals surface area contributed by atoms with Crippen LogP contribution in [0.2, 0.25) is 0 Å². The number of ether oxygens (including phenoxy) is 1. The third-order valence-electron chi connectivity index (χ3n) is 4.00. The second kappa shape index (κ2) is 8.87. The van der Waals surface area contributed by atoms with Gasteiger partial charge in [0.2, 0.25) is 0 Å². The molecule has 0 radical (unpaired) electrons. The van der Waals surface area contributed by atoms with E-state index < -0.39 is 0 Å². The first-order valence-electron chi connectivity index (χ1n) is 8.63. The zero-order chi connectivity index (χ0) is 18.4. The minimum atomic E-state index is 0.176. The smallest absolute Gasteiger partial charge is 0.195 e. The van der Waals surface area contributed by atoms with Gasteiger partial charge >= 0.3 is 0 Å². The average molecular weight is 369 g/mol. The Hall–Kier alpha value is -2.31. The maximum atomic E-state index is 9.02. The van der Waals surface area contributed by atoms with Crippen molar-refractivity contribution in [2.75, 3.05) is 12.4 Å². The molecule has 3 aromatic rings. The molecule has 0 bridgehead atoms. The van der Waals surface area contributed by atoms with Gasteiger partial charge in [0.25, 0.3) is 0 Å². The Morgan fingerprint density at radius 2 is 1.73 bits per heavy atom. The minimum absolute atomic E-state index is 0.176. The summed E-state index contributed by atoms with van der Waals surface area (Å²) in [5.74, 6) is 2.44. The fourth-order valence-electron chi connectivity index (χ4n) is 2.72. The van der Waals surface area contributed by atoms with E-state index in [0.29, 0.717) is 6.61 Å². The first-order valence-corrected chi connectivity index (χ1v) is 9.61. The normalized spacial score (nSPS) is 10.9. The molecule has 0 fully saturated rings. The van der Waals surface area contributed by atoms with E-state index in [4.69, 9.17) is 9.84 Å². The Kier molecular flexibility index (Phi) is 6.30. The first-order chi connectivity index (χ1) is 12.7. The Morgan fingerprint density at radius 1 is 1.00 bits per heavy atom. The summed E-state index contributed by atoms with van der Waals surface area (Å²) in [7, 11) is 0. The maximum absolute atomic E-state index is 9.02. The van der Waals surface area contributed by atoms with Crippen molar-refractivity contribution in [2.45, 2.75) is 32.0 Å². The van der Waals surface area contributed by atoms with Crippen LogP contribution in [0.25, 0.3) is 5.69 Å². The number of aryl methyl sites for hydroxylation is 2. The molecule has 136 valence electrons. The molecule has 26 heavy (non-hydrogen) atoms. The third kappa shape index (κ3) is 4.26. The van der Waals surface area contributed by atoms with Crippen molar-refractivity contribution in [2.24, 2.45) is 0 Å². The van der Waals surface area contributed by atoms with Crippen LogP contribution < -0.4 is 4.74 Å². The molecule has 0 spiro atoms. The van der Waals surface area contributed by atoms with Gasteiger partial charge in [-0.15, -0.1) is 10.2 Å². The van der Waals surface area contributed by atoms with Crippen LogP contribution in [0.5, 0.6) is 5.75 Å². The quantitative estimate of drug-likeness (QED) is 0.481. The number of aliphatic hydroxyl groups is 1. The molecular formula is C20H23N3O2S. The lowest BCUT2D eigenvalue weighted by Gasteiger charge is -2.13. The molecule has 0 amide bonds. The van der Waals surface area contributed by atoms with Gasteiger partial charge in [0.15, 0.2) is 11.0 Å². The summed E-state index contributed by atoms with van der Waals surface area (Å²) in [6.07, 6.45) is 0.723. The summed E-state index contributed by atoms with van der Waals surface area (Å²) in [5.41, 5.74) is 3.21. The van der Waals surface area contributed by atoms with Crippen LogP contribution in [-0.2, 0) is 6.61 Å². The zero-order valence-corrected chi connectivity index (χ0v) is 15.9. The van der Waals surface area contributed by atoms with E-state index in [1.165, 1.54) is 0 Å². The Labute approximate surface area is 158 Å². The zero-order valence-electron chi connectivity index (χ0n) is 15.1. The van der Waals surface area contributed by atoms with Gasteiger partial charge in [0.1, 0.15) is 12.4 Å². The molecule has 0 aliphatic heterocycles. The second-order valence-corrected chi connectivity index (χ2v) is 7.07. The molecule has 2 aromatic carbocycles. The van der Waals surface area contributed by atoms with E-state index in [0.717, 1.165) is 45.7 Å². The van der Waals surface area contributed by atoms with Crippen LogP contribution in [0, 0.1) is 13.8 Å². The van der Waals surface area contributed by atoms with Crippen LogP contribution in [-0.4, -0.2) is 32.2 Å². The number of hydrogen-bond acceptors (Lipinski definition) is 5. The minimum Gasteiger partial charge on any atom is -0.485 e. The van der Waals surface area contributed by atoms with Gasteiger partial charge in [-0.3, -0.25) is 4.57 Å². The molecule has 3 rings (SSSR count). The molecule has 5 nitrogen and oxygen atoms in total. The molecule has 0 atom stereocenters. The Bertz CT molecular complexity index is 829. The number of hydrogen-bond donors (Lipinski definition) is 1. The highest BCUT2D eigenvalue weighted by Gasteiger charge is 2.15. The van der Waals surface area contributed by atoms with E-state index in [1.807, 2.05) is 66.9 Å². The highest BCUT2D eigenvalue weighted by atomic mass is 32.2. The lowest BCUT2D eigenvalue weighted by molar-refractivity contribution is 0.289. The maximum Gasteiger partial charge on any atom is 0.195 e. The van der Waals surface area contributed by atoms with Gasteiger partial charge in [-0.2, -0.15) is 0 Å². The van der Waals surface area contributed by atoms with E-state index in [-0.39, 0.29) is 6.61 Å². The molecule has 1 N–H and O–H groups in total. The fraction of sp³-hybridized carbons (Fsp3) is 0.300. The molecule has 0 saturated carbocycles. The van der Waals surface area contributed by atoms with Crippen molar-refractivity contribution >= 4 is 11.8 Å². The predicted octanol–water partition coefficient (Wildman–Crippen LogP) is 3.94. The lowest BCUT2D eigenvalue weighted by Crippen LogP contribution is -2.07. The van der Waals surface area contributed by atoms with Crippen molar-refractivity contribution in [3.8, 4) is 11.4 Å². The number of aromatic nitrogens is 3. The largest absolute Gasteiger partial charge is 0.485 e. The van der Waals surface area contributed by atoms with Gasteiger partial charge in [-0.25, -0.2) is 0 Å². The number of para-hydroxylation sites is 2. The van der Waals surface area contributed by atoms with E-state index in [1.54, 1.807) is 11.8 Å². The highest BCUT2D eigenvalue weighted by molar-refractivity contribution is 7.99. The SMILES string of the molecule is Cc1cccc(C)c1OCc1nnc(SCCCO)n1-c1ccccc1. The number of thioether (sulfide) groups is 1. The molecule has 1 aromatic heterocycles. The lowest BCUT2D eigenvalue weighted by atomic mass is 10.1.